The van der Waals surface area contributed by atoms with E-state index in [1.807, 2.05) is 0 Å². The number of rotatable bonds is 10. The van der Waals surface area contributed by atoms with Crippen molar-refractivity contribution >= 4 is 64.0 Å². The zero-order valence-corrected chi connectivity index (χ0v) is 26.1. The van der Waals surface area contributed by atoms with E-state index >= 15 is 0 Å². The van der Waals surface area contributed by atoms with Gasteiger partial charge in [0.1, 0.15) is 23.0 Å². The van der Waals surface area contributed by atoms with E-state index in [0.717, 1.165) is 0 Å². The molecule has 1 aliphatic rings. The Balaban J connectivity index is 1.42. The van der Waals surface area contributed by atoms with Gasteiger partial charge in [0, 0.05) is 28.4 Å². The number of hydrogen-bond acceptors (Lipinski definition) is 9. The first-order chi connectivity index (χ1) is 22.6. The second kappa shape index (κ2) is 13.9. The Kier molecular flexibility index (Phi) is 9.52. The highest BCUT2D eigenvalue weighted by Crippen LogP contribution is 2.36. The molecule has 238 valence electrons. The van der Waals surface area contributed by atoms with Crippen molar-refractivity contribution in [2.45, 2.75) is 0 Å². The molecule has 5 rings (SSSR count). The maximum Gasteiger partial charge on any atom is 0.259 e. The van der Waals surface area contributed by atoms with Crippen LogP contribution in [0.5, 0.6) is 17.2 Å². The number of carbonyl (C=O) groups excluding carboxylic acids is 4. The van der Waals surface area contributed by atoms with Gasteiger partial charge < -0.3 is 30.6 Å². The molecule has 3 amide bonds. The van der Waals surface area contributed by atoms with Crippen LogP contribution in [0.4, 0.5) is 17.1 Å². The van der Waals surface area contributed by atoms with E-state index < -0.39 is 23.5 Å². The van der Waals surface area contributed by atoms with Crippen LogP contribution < -0.4 is 36.0 Å². The average Bonchev–Trinajstić information content (AvgIpc) is 3.07. The van der Waals surface area contributed by atoms with Crippen LogP contribution in [-0.4, -0.2) is 50.5 Å². The number of nitrogens with two attached hydrogens (primary N) is 1. The molecule has 0 unspecified atom stereocenters. The first-order valence-electron chi connectivity index (χ1n) is 13.9. The predicted molar refractivity (Wildman–Crippen MR) is 179 cm³/mol. The quantitative estimate of drug-likeness (QED) is 0.135. The lowest BCUT2D eigenvalue weighted by atomic mass is 9.89. The van der Waals surface area contributed by atoms with Gasteiger partial charge in [-0.25, -0.2) is 0 Å². The Labute approximate surface area is 274 Å². The zero-order valence-electron chi connectivity index (χ0n) is 25.3. The molecule has 4 aromatic carbocycles. The van der Waals surface area contributed by atoms with Crippen molar-refractivity contribution in [2.24, 2.45) is 10.8 Å². The number of ether oxygens (including phenoxy) is 3. The Bertz CT molecular complexity index is 1970. The number of hydrogen-bond donors (Lipinski definition) is 4. The summed E-state index contributed by atoms with van der Waals surface area (Å²) in [5.41, 5.74) is 10.5. The number of hydrazone groups is 1. The van der Waals surface area contributed by atoms with Gasteiger partial charge >= 0.3 is 0 Å². The van der Waals surface area contributed by atoms with Crippen LogP contribution in [0.25, 0.3) is 6.08 Å². The number of halogens is 1. The van der Waals surface area contributed by atoms with Crippen LogP contribution in [0.2, 0.25) is 5.02 Å². The molecule has 0 heterocycles. The predicted octanol–water partition coefficient (Wildman–Crippen LogP) is 5.14. The summed E-state index contributed by atoms with van der Waals surface area (Å²) in [5.74, 6) is -1.44. The van der Waals surface area contributed by atoms with Gasteiger partial charge in [-0.2, -0.15) is 5.10 Å². The van der Waals surface area contributed by atoms with Crippen molar-refractivity contribution in [3.8, 4) is 17.2 Å². The summed E-state index contributed by atoms with van der Waals surface area (Å²) in [6.45, 7) is 0. The smallest absolute Gasteiger partial charge is 0.259 e. The Morgan fingerprint density at radius 2 is 1.43 bits per heavy atom. The van der Waals surface area contributed by atoms with Crippen LogP contribution in [0.3, 0.4) is 0 Å². The third-order valence-corrected chi connectivity index (χ3v) is 7.41. The normalized spacial score (nSPS) is 12.8. The van der Waals surface area contributed by atoms with Crippen molar-refractivity contribution in [2.75, 3.05) is 37.4 Å². The van der Waals surface area contributed by atoms with Gasteiger partial charge in [-0.1, -0.05) is 35.9 Å². The minimum absolute atomic E-state index is 0.0422. The summed E-state index contributed by atoms with van der Waals surface area (Å²) in [6.07, 6.45) is 1.48. The van der Waals surface area contributed by atoms with Crippen molar-refractivity contribution in [1.29, 1.82) is 0 Å². The van der Waals surface area contributed by atoms with E-state index in [4.69, 9.17) is 31.5 Å². The molecule has 0 aliphatic heterocycles. The van der Waals surface area contributed by atoms with Crippen LogP contribution in [0.1, 0.15) is 31.8 Å². The summed E-state index contributed by atoms with van der Waals surface area (Å²) in [7, 11) is 4.32. The number of nitrogens with one attached hydrogen (secondary N) is 3. The molecule has 0 saturated heterocycles. The third kappa shape index (κ3) is 6.92. The summed E-state index contributed by atoms with van der Waals surface area (Å²) in [4.78, 5) is 51.6. The molecule has 0 saturated carbocycles. The van der Waals surface area contributed by atoms with Gasteiger partial charge in [0.15, 0.2) is 0 Å². The van der Waals surface area contributed by atoms with Gasteiger partial charge in [-0.15, -0.1) is 0 Å². The fourth-order valence-electron chi connectivity index (χ4n) is 4.71. The number of ketones is 1. The van der Waals surface area contributed by atoms with Crippen molar-refractivity contribution in [1.82, 2.24) is 0 Å². The van der Waals surface area contributed by atoms with E-state index in [1.54, 1.807) is 48.5 Å². The maximum absolute atomic E-state index is 13.8. The first kappa shape index (κ1) is 32.3. The minimum Gasteiger partial charge on any atom is -0.495 e. The number of Topliss-reactive ketones (excluding diaryl/α,β-unsaturated/α-hetero) is 1. The third-order valence-electron chi connectivity index (χ3n) is 7.12. The molecule has 5 N–H and O–H groups in total. The summed E-state index contributed by atoms with van der Waals surface area (Å²) in [5, 5.41) is 10.1. The number of nitrogens with zero attached hydrogens (tertiary/aromatic N) is 1. The molecule has 0 radical (unpaired) electrons. The van der Waals surface area contributed by atoms with E-state index in [1.165, 1.54) is 57.7 Å². The van der Waals surface area contributed by atoms with Crippen LogP contribution in [-0.2, 0) is 9.59 Å². The molecule has 1 aliphatic carbocycles. The molecule has 0 fully saturated rings. The maximum atomic E-state index is 13.8. The number of primary amides is 1. The SMILES string of the molecule is COc1cc(OC)c(NC(=O)C2=Cc3ccccc3/C(=N/Nc3cc(C(=O)Nc4ccc(C(N)=O)cc4)ccc3OC)C2=O)cc1Cl. The highest BCUT2D eigenvalue weighted by atomic mass is 35.5. The van der Waals surface area contributed by atoms with Crippen LogP contribution in [0.15, 0.2) is 89.5 Å². The summed E-state index contributed by atoms with van der Waals surface area (Å²) >= 11 is 6.27. The molecule has 0 atom stereocenters. The van der Waals surface area contributed by atoms with Gasteiger partial charge in [-0.3, -0.25) is 24.6 Å². The summed E-state index contributed by atoms with van der Waals surface area (Å²) < 4.78 is 16.0. The number of benzene rings is 4. The van der Waals surface area contributed by atoms with E-state index in [2.05, 4.69) is 21.2 Å². The van der Waals surface area contributed by atoms with E-state index in [0.29, 0.717) is 33.9 Å². The lowest BCUT2D eigenvalue weighted by molar-refractivity contribution is -0.116. The Morgan fingerprint density at radius 1 is 0.745 bits per heavy atom. The molecule has 0 bridgehead atoms. The lowest BCUT2D eigenvalue weighted by Gasteiger charge is -2.19. The topological polar surface area (TPSA) is 170 Å². The number of carbonyl (C=O) groups is 4. The molecule has 4 aromatic rings. The largest absolute Gasteiger partial charge is 0.495 e. The fraction of sp³-hybridized carbons (Fsp3) is 0.0882. The molecule has 0 spiro atoms. The molecule has 13 heteroatoms. The van der Waals surface area contributed by atoms with E-state index in [-0.39, 0.29) is 39.0 Å². The molecule has 0 aromatic heterocycles. The zero-order chi connectivity index (χ0) is 33.7. The standard InChI is InChI=1S/C34H28ClN5O7/c1-45-27-13-10-20(33(43)37-21-11-8-18(9-12-21)32(36)42)15-26(27)39-40-30-22-7-5-4-6-19(22)14-23(31(30)41)34(44)38-25-16-24(35)28(46-2)17-29(25)47-3/h4-17,39H,1-3H3,(H2,36,42)(H,37,43)(H,38,44)/b40-30-. The molecule has 12 nitrogen and oxygen atoms in total. The van der Waals surface area contributed by atoms with Gasteiger partial charge in [0.25, 0.3) is 11.8 Å². The Hall–Kier alpha value is -6.14. The molecule has 47 heavy (non-hydrogen) atoms. The van der Waals surface area contributed by atoms with Crippen LogP contribution >= 0.6 is 11.6 Å². The summed E-state index contributed by atoms with van der Waals surface area (Å²) in [6, 6.07) is 20.7. The highest BCUT2D eigenvalue weighted by Gasteiger charge is 2.31. The molecular weight excluding hydrogens is 626 g/mol. The number of amides is 3. The second-order valence-electron chi connectivity index (χ2n) is 10.00. The monoisotopic (exact) mass is 653 g/mol. The van der Waals surface area contributed by atoms with Crippen molar-refractivity contribution < 1.29 is 33.4 Å². The molecular formula is C34H28ClN5O7. The van der Waals surface area contributed by atoms with Gasteiger partial charge in [0.2, 0.25) is 11.7 Å². The van der Waals surface area contributed by atoms with Crippen LogP contribution in [0, 0.1) is 0 Å². The first-order valence-corrected chi connectivity index (χ1v) is 14.3. The highest BCUT2D eigenvalue weighted by molar-refractivity contribution is 6.59. The fourth-order valence-corrected chi connectivity index (χ4v) is 4.95. The number of fused-ring (bicyclic) bond motifs is 1. The number of methoxy groups -OCH3 is 3. The Morgan fingerprint density at radius 3 is 2.11 bits per heavy atom. The second-order valence-corrected chi connectivity index (χ2v) is 10.4. The minimum atomic E-state index is -0.711. The number of anilines is 3. The van der Waals surface area contributed by atoms with Crippen molar-refractivity contribution in [3.05, 3.63) is 112 Å². The lowest BCUT2D eigenvalue weighted by Crippen LogP contribution is -2.30. The van der Waals surface area contributed by atoms with Gasteiger partial charge in [0.05, 0.1) is 43.3 Å². The van der Waals surface area contributed by atoms with E-state index in [9.17, 15) is 19.2 Å². The average molecular weight is 654 g/mol. The van der Waals surface area contributed by atoms with Crippen molar-refractivity contribution in [3.63, 3.8) is 0 Å². The van der Waals surface area contributed by atoms with Gasteiger partial charge in [-0.05, 0) is 60.2 Å².